The first-order chi connectivity index (χ1) is 3.91. The molecule has 0 aliphatic heterocycles. The van der Waals surface area contributed by atoms with Crippen LogP contribution in [0.25, 0.3) is 0 Å². The van der Waals surface area contributed by atoms with Crippen LogP contribution in [0, 0.1) is 0 Å². The van der Waals surface area contributed by atoms with E-state index in [1.807, 2.05) is 12.2 Å². The molecule has 0 aliphatic carbocycles. The van der Waals surface area contributed by atoms with Gasteiger partial charge < -0.3 is 0 Å². The number of allylic oxidation sites excluding steroid dienone is 3. The lowest BCUT2D eigenvalue weighted by Gasteiger charge is -1.83. The van der Waals surface area contributed by atoms with E-state index in [1.165, 1.54) is 17.3 Å². The molecule has 0 aromatic rings. The van der Waals surface area contributed by atoms with Crippen molar-refractivity contribution < 1.29 is 0 Å². The van der Waals surface area contributed by atoms with Gasteiger partial charge in [-0.15, -0.1) is 0 Å². The number of hydrogen-bond donors (Lipinski definition) is 0. The highest BCUT2D eigenvalue weighted by Gasteiger charge is 1.74. The molecule has 0 aromatic heterocycles. The lowest BCUT2D eigenvalue weighted by Crippen LogP contribution is -1.68. The second-order valence-electron chi connectivity index (χ2n) is 1.50. The molecule has 0 nitrogen and oxygen atoms in total. The molecule has 0 unspecified atom stereocenters. The zero-order valence-electron chi connectivity index (χ0n) is 4.94. The third-order valence-electron chi connectivity index (χ3n) is 0.777. The minimum atomic E-state index is 1.19. The van der Waals surface area contributed by atoms with Crippen LogP contribution in [0.3, 0.4) is 0 Å². The van der Waals surface area contributed by atoms with Crippen LogP contribution >= 0.6 is 22.6 Å². The SMILES string of the molecule is C=CC=CCCCI. The summed E-state index contributed by atoms with van der Waals surface area (Å²) in [6.45, 7) is 3.57. The van der Waals surface area contributed by atoms with Crippen molar-refractivity contribution in [3.05, 3.63) is 24.8 Å². The molecular formula is C7H11I. The largest absolute Gasteiger partial charge is 0.0991 e. The van der Waals surface area contributed by atoms with Gasteiger partial charge in [-0.2, -0.15) is 0 Å². The van der Waals surface area contributed by atoms with Gasteiger partial charge in [-0.1, -0.05) is 47.4 Å². The normalized spacial score (nSPS) is 10.1. The first-order valence-corrected chi connectivity index (χ1v) is 4.28. The van der Waals surface area contributed by atoms with Crippen molar-refractivity contribution in [2.75, 3.05) is 4.43 Å². The Morgan fingerprint density at radius 1 is 1.50 bits per heavy atom. The summed E-state index contributed by atoms with van der Waals surface area (Å²) in [5, 5.41) is 0. The zero-order chi connectivity index (χ0) is 6.24. The van der Waals surface area contributed by atoms with E-state index in [1.54, 1.807) is 0 Å². The third kappa shape index (κ3) is 6.21. The molecule has 0 rings (SSSR count). The van der Waals surface area contributed by atoms with Gasteiger partial charge in [-0.3, -0.25) is 0 Å². The van der Waals surface area contributed by atoms with E-state index >= 15 is 0 Å². The third-order valence-corrected chi connectivity index (χ3v) is 1.54. The molecule has 0 bridgehead atoms. The summed E-state index contributed by atoms with van der Waals surface area (Å²) in [4.78, 5) is 0. The smallest absolute Gasteiger partial charge is 0.000178 e. The van der Waals surface area contributed by atoms with E-state index in [0.717, 1.165) is 0 Å². The van der Waals surface area contributed by atoms with Crippen LogP contribution in [0.1, 0.15) is 12.8 Å². The minimum absolute atomic E-state index is 1.19. The summed E-state index contributed by atoms with van der Waals surface area (Å²) in [6.07, 6.45) is 8.42. The molecule has 0 N–H and O–H groups in total. The Morgan fingerprint density at radius 3 is 2.75 bits per heavy atom. The standard InChI is InChI=1S/C7H11I/c1-2-3-4-5-6-7-8/h2-4H,1,5-7H2. The molecule has 0 amide bonds. The van der Waals surface area contributed by atoms with Crippen molar-refractivity contribution in [2.45, 2.75) is 12.8 Å². The fraction of sp³-hybridized carbons (Fsp3) is 0.429. The maximum atomic E-state index is 3.57. The Kier molecular flexibility index (Phi) is 7.40. The Hall–Kier alpha value is 0.210. The summed E-state index contributed by atoms with van der Waals surface area (Å²) in [7, 11) is 0. The van der Waals surface area contributed by atoms with Gasteiger partial charge >= 0.3 is 0 Å². The summed E-state index contributed by atoms with van der Waals surface area (Å²) in [5.74, 6) is 0. The number of rotatable bonds is 4. The molecule has 0 radical (unpaired) electrons. The predicted molar refractivity (Wildman–Crippen MR) is 47.5 cm³/mol. The van der Waals surface area contributed by atoms with E-state index in [2.05, 4.69) is 35.2 Å². The Labute approximate surface area is 64.8 Å². The fourth-order valence-electron chi connectivity index (χ4n) is 0.387. The first-order valence-electron chi connectivity index (χ1n) is 2.75. The monoisotopic (exact) mass is 222 g/mol. The summed E-state index contributed by atoms with van der Waals surface area (Å²) in [6, 6.07) is 0. The predicted octanol–water partition coefficient (Wildman–Crippen LogP) is 2.94. The van der Waals surface area contributed by atoms with Crippen molar-refractivity contribution in [2.24, 2.45) is 0 Å². The second-order valence-corrected chi connectivity index (χ2v) is 2.57. The van der Waals surface area contributed by atoms with Gasteiger partial charge in [-0.05, 0) is 17.3 Å². The highest BCUT2D eigenvalue weighted by atomic mass is 127. The van der Waals surface area contributed by atoms with Gasteiger partial charge in [0, 0.05) is 0 Å². The van der Waals surface area contributed by atoms with Crippen LogP contribution in [0.5, 0.6) is 0 Å². The van der Waals surface area contributed by atoms with Crippen molar-refractivity contribution >= 4 is 22.6 Å². The molecule has 0 spiro atoms. The van der Waals surface area contributed by atoms with Crippen molar-refractivity contribution in [1.82, 2.24) is 0 Å². The van der Waals surface area contributed by atoms with Crippen LogP contribution in [-0.2, 0) is 0 Å². The van der Waals surface area contributed by atoms with Crippen LogP contribution in [0.2, 0.25) is 0 Å². The number of halogens is 1. The van der Waals surface area contributed by atoms with Gasteiger partial charge in [0.2, 0.25) is 0 Å². The lowest BCUT2D eigenvalue weighted by molar-refractivity contribution is 0.986. The van der Waals surface area contributed by atoms with E-state index in [-0.39, 0.29) is 0 Å². The van der Waals surface area contributed by atoms with Gasteiger partial charge in [0.15, 0.2) is 0 Å². The van der Waals surface area contributed by atoms with E-state index in [4.69, 9.17) is 0 Å². The molecule has 0 heterocycles. The number of hydrogen-bond acceptors (Lipinski definition) is 0. The Morgan fingerprint density at radius 2 is 2.25 bits per heavy atom. The summed E-state index contributed by atoms with van der Waals surface area (Å²) < 4.78 is 1.25. The topological polar surface area (TPSA) is 0 Å². The van der Waals surface area contributed by atoms with Crippen LogP contribution < -0.4 is 0 Å². The quantitative estimate of drug-likeness (QED) is 0.297. The minimum Gasteiger partial charge on any atom is -0.0991 e. The number of unbranched alkanes of at least 4 members (excludes halogenated alkanes) is 1. The Balaban J connectivity index is 2.91. The van der Waals surface area contributed by atoms with Crippen LogP contribution in [0.15, 0.2) is 24.8 Å². The average Bonchev–Trinajstić information content (AvgIpc) is 1.81. The molecule has 0 saturated heterocycles. The maximum absolute atomic E-state index is 3.57. The average molecular weight is 222 g/mol. The molecule has 0 aromatic carbocycles. The van der Waals surface area contributed by atoms with Gasteiger partial charge in [-0.25, -0.2) is 0 Å². The molecule has 8 heavy (non-hydrogen) atoms. The second kappa shape index (κ2) is 7.21. The molecule has 46 valence electrons. The van der Waals surface area contributed by atoms with Crippen molar-refractivity contribution in [1.29, 1.82) is 0 Å². The maximum Gasteiger partial charge on any atom is -0.000178 e. The molecule has 0 atom stereocenters. The van der Waals surface area contributed by atoms with Crippen molar-refractivity contribution in [3.8, 4) is 0 Å². The fourth-order valence-corrected chi connectivity index (χ4v) is 0.828. The highest BCUT2D eigenvalue weighted by Crippen LogP contribution is 1.94. The summed E-state index contributed by atoms with van der Waals surface area (Å²) >= 11 is 2.38. The van der Waals surface area contributed by atoms with Crippen molar-refractivity contribution in [3.63, 3.8) is 0 Å². The molecule has 0 fully saturated rings. The van der Waals surface area contributed by atoms with E-state index in [0.29, 0.717) is 0 Å². The van der Waals surface area contributed by atoms with Gasteiger partial charge in [0.05, 0.1) is 0 Å². The van der Waals surface area contributed by atoms with E-state index in [9.17, 15) is 0 Å². The molecule has 0 saturated carbocycles. The number of alkyl halides is 1. The van der Waals surface area contributed by atoms with Crippen LogP contribution in [0.4, 0.5) is 0 Å². The molecule has 0 aliphatic rings. The van der Waals surface area contributed by atoms with Gasteiger partial charge in [0.25, 0.3) is 0 Å². The molecule has 1 heteroatoms. The zero-order valence-corrected chi connectivity index (χ0v) is 7.10. The first kappa shape index (κ1) is 8.21. The molecular weight excluding hydrogens is 211 g/mol. The van der Waals surface area contributed by atoms with E-state index < -0.39 is 0 Å². The lowest BCUT2D eigenvalue weighted by atomic mass is 10.3. The van der Waals surface area contributed by atoms with Crippen LogP contribution in [-0.4, -0.2) is 4.43 Å². The Bertz CT molecular complexity index is 74.5. The summed E-state index contributed by atoms with van der Waals surface area (Å²) in [5.41, 5.74) is 0. The highest BCUT2D eigenvalue weighted by molar-refractivity contribution is 14.1. The van der Waals surface area contributed by atoms with Gasteiger partial charge in [0.1, 0.15) is 0 Å².